The quantitative estimate of drug-likeness (QED) is 0.776. The molecule has 0 aliphatic carbocycles. The molecule has 1 aromatic carbocycles. The van der Waals surface area contributed by atoms with Crippen LogP contribution in [0.15, 0.2) is 24.3 Å². The Bertz CT molecular complexity index is 376. The van der Waals surface area contributed by atoms with Gasteiger partial charge in [-0.15, -0.1) is 0 Å². The van der Waals surface area contributed by atoms with E-state index in [1.807, 2.05) is 38.1 Å². The second-order valence-corrected chi connectivity index (χ2v) is 4.62. The van der Waals surface area contributed by atoms with E-state index < -0.39 is 0 Å². The molecule has 0 saturated heterocycles. The lowest BCUT2D eigenvalue weighted by Crippen LogP contribution is -2.19. The highest BCUT2D eigenvalue weighted by Gasteiger charge is 2.13. The summed E-state index contributed by atoms with van der Waals surface area (Å²) in [6, 6.07) is 7.68. The van der Waals surface area contributed by atoms with Crippen LogP contribution < -0.4 is 16.2 Å². The van der Waals surface area contributed by atoms with E-state index in [2.05, 4.69) is 0 Å². The second-order valence-electron chi connectivity index (χ2n) is 4.62. The fourth-order valence-electron chi connectivity index (χ4n) is 1.97. The molecular weight excluding hydrogens is 228 g/mol. The van der Waals surface area contributed by atoms with E-state index in [-0.39, 0.29) is 17.9 Å². The van der Waals surface area contributed by atoms with Crippen molar-refractivity contribution in [1.29, 1.82) is 0 Å². The van der Waals surface area contributed by atoms with Crippen molar-refractivity contribution in [3.63, 3.8) is 0 Å². The van der Waals surface area contributed by atoms with E-state index in [9.17, 15) is 4.79 Å². The fraction of sp³-hybridized carbons (Fsp3) is 0.500. The second kappa shape index (κ2) is 7.01. The predicted octanol–water partition coefficient (Wildman–Crippen LogP) is 1.99. The number of hydrogen-bond acceptors (Lipinski definition) is 3. The van der Waals surface area contributed by atoms with Crippen molar-refractivity contribution in [2.75, 3.05) is 6.61 Å². The number of carbonyl (C=O) groups is 1. The first-order chi connectivity index (χ1) is 8.52. The lowest BCUT2D eigenvalue weighted by Gasteiger charge is -2.17. The van der Waals surface area contributed by atoms with Gasteiger partial charge in [-0.25, -0.2) is 0 Å². The summed E-state index contributed by atoms with van der Waals surface area (Å²) in [5, 5.41) is 0. The molecule has 2 atom stereocenters. The lowest BCUT2D eigenvalue weighted by atomic mass is 9.94. The summed E-state index contributed by atoms with van der Waals surface area (Å²) >= 11 is 0. The van der Waals surface area contributed by atoms with Gasteiger partial charge in [-0.1, -0.05) is 19.1 Å². The first-order valence-electron chi connectivity index (χ1n) is 6.29. The van der Waals surface area contributed by atoms with Crippen LogP contribution in [0.25, 0.3) is 0 Å². The Morgan fingerprint density at radius 1 is 1.33 bits per heavy atom. The number of rotatable bonds is 7. The summed E-state index contributed by atoms with van der Waals surface area (Å²) in [7, 11) is 0. The van der Waals surface area contributed by atoms with Gasteiger partial charge in [0.2, 0.25) is 5.91 Å². The monoisotopic (exact) mass is 250 g/mol. The molecule has 0 spiro atoms. The molecule has 4 N–H and O–H groups in total. The fourth-order valence-corrected chi connectivity index (χ4v) is 1.97. The molecule has 0 aliphatic heterocycles. The minimum atomic E-state index is -0.276. The molecule has 0 radical (unpaired) electrons. The van der Waals surface area contributed by atoms with Crippen LogP contribution in [0.5, 0.6) is 5.75 Å². The van der Waals surface area contributed by atoms with Gasteiger partial charge in [0, 0.05) is 12.5 Å². The average molecular weight is 250 g/mol. The normalized spacial score (nSPS) is 13.9. The van der Waals surface area contributed by atoms with Crippen molar-refractivity contribution in [3.8, 4) is 5.75 Å². The largest absolute Gasteiger partial charge is 0.494 e. The number of carbonyl (C=O) groups excluding carboxylic acids is 1. The van der Waals surface area contributed by atoms with Crippen LogP contribution in [0.1, 0.15) is 38.3 Å². The van der Waals surface area contributed by atoms with E-state index in [0.717, 1.165) is 17.7 Å². The summed E-state index contributed by atoms with van der Waals surface area (Å²) in [6.45, 7) is 4.59. The van der Waals surface area contributed by atoms with Crippen LogP contribution in [0, 0.1) is 5.92 Å². The molecule has 100 valence electrons. The average Bonchev–Trinajstić information content (AvgIpc) is 2.29. The molecule has 1 rings (SSSR count). The molecule has 0 aliphatic rings. The number of hydrogen-bond donors (Lipinski definition) is 2. The van der Waals surface area contributed by atoms with Gasteiger partial charge in [0.15, 0.2) is 0 Å². The Labute approximate surface area is 108 Å². The molecule has 2 unspecified atom stereocenters. The third-order valence-electron chi connectivity index (χ3n) is 2.83. The SMILES string of the molecule is CCOc1ccc(C(N)CC(C)CC(N)=O)cc1. The van der Waals surface area contributed by atoms with Crippen LogP contribution in [0.2, 0.25) is 0 Å². The Morgan fingerprint density at radius 2 is 1.94 bits per heavy atom. The van der Waals surface area contributed by atoms with Crippen molar-refractivity contribution in [1.82, 2.24) is 0 Å². The summed E-state index contributed by atoms with van der Waals surface area (Å²) in [4.78, 5) is 10.8. The Kier molecular flexibility index (Phi) is 5.65. The first-order valence-corrected chi connectivity index (χ1v) is 6.29. The molecule has 0 saturated carbocycles. The zero-order valence-electron chi connectivity index (χ0n) is 11.1. The molecular formula is C14H22N2O2. The molecule has 0 heterocycles. The van der Waals surface area contributed by atoms with Crippen LogP contribution in [-0.2, 0) is 4.79 Å². The molecule has 4 nitrogen and oxygen atoms in total. The van der Waals surface area contributed by atoms with Gasteiger partial charge in [-0.05, 0) is 37.0 Å². The van der Waals surface area contributed by atoms with Crippen molar-refractivity contribution in [3.05, 3.63) is 29.8 Å². The van der Waals surface area contributed by atoms with Gasteiger partial charge in [0.25, 0.3) is 0 Å². The van der Waals surface area contributed by atoms with E-state index >= 15 is 0 Å². The standard InChI is InChI=1S/C14H22N2O2/c1-3-18-12-6-4-11(5-7-12)13(15)8-10(2)9-14(16)17/h4-7,10,13H,3,8-9,15H2,1-2H3,(H2,16,17). The number of ether oxygens (including phenoxy) is 1. The number of primary amides is 1. The molecule has 0 aromatic heterocycles. The Morgan fingerprint density at radius 3 is 2.44 bits per heavy atom. The minimum absolute atomic E-state index is 0.0740. The smallest absolute Gasteiger partial charge is 0.217 e. The zero-order chi connectivity index (χ0) is 13.5. The molecule has 1 aromatic rings. The van der Waals surface area contributed by atoms with Crippen molar-refractivity contribution in [2.24, 2.45) is 17.4 Å². The van der Waals surface area contributed by atoms with Crippen LogP contribution in [0.4, 0.5) is 0 Å². The van der Waals surface area contributed by atoms with Crippen molar-refractivity contribution < 1.29 is 9.53 Å². The maximum atomic E-state index is 10.8. The Hall–Kier alpha value is -1.55. The number of nitrogens with two attached hydrogens (primary N) is 2. The topological polar surface area (TPSA) is 78.3 Å². The lowest BCUT2D eigenvalue weighted by molar-refractivity contribution is -0.118. The summed E-state index contributed by atoms with van der Waals surface area (Å²) in [6.07, 6.45) is 1.13. The van der Waals surface area contributed by atoms with E-state index in [1.165, 1.54) is 0 Å². The third-order valence-corrected chi connectivity index (χ3v) is 2.83. The van der Waals surface area contributed by atoms with Crippen molar-refractivity contribution in [2.45, 2.75) is 32.7 Å². The maximum Gasteiger partial charge on any atom is 0.217 e. The third kappa shape index (κ3) is 4.75. The van der Waals surface area contributed by atoms with E-state index in [1.54, 1.807) is 0 Å². The van der Waals surface area contributed by atoms with Gasteiger partial charge >= 0.3 is 0 Å². The van der Waals surface area contributed by atoms with Gasteiger partial charge in [0.1, 0.15) is 5.75 Å². The summed E-state index contributed by atoms with van der Waals surface area (Å²) < 4.78 is 5.37. The summed E-state index contributed by atoms with van der Waals surface area (Å²) in [5.41, 5.74) is 12.3. The highest BCUT2D eigenvalue weighted by Crippen LogP contribution is 2.22. The van der Waals surface area contributed by atoms with Gasteiger partial charge in [-0.3, -0.25) is 4.79 Å². The van der Waals surface area contributed by atoms with Gasteiger partial charge in [0.05, 0.1) is 6.61 Å². The number of amides is 1. The Balaban J connectivity index is 2.55. The number of benzene rings is 1. The minimum Gasteiger partial charge on any atom is -0.494 e. The predicted molar refractivity (Wildman–Crippen MR) is 72.1 cm³/mol. The molecule has 4 heteroatoms. The zero-order valence-corrected chi connectivity index (χ0v) is 11.1. The van der Waals surface area contributed by atoms with Crippen LogP contribution >= 0.6 is 0 Å². The highest BCUT2D eigenvalue weighted by atomic mass is 16.5. The molecule has 0 bridgehead atoms. The summed E-state index contributed by atoms with van der Waals surface area (Å²) in [5.74, 6) is 0.768. The van der Waals surface area contributed by atoms with Gasteiger partial charge in [-0.2, -0.15) is 0 Å². The first kappa shape index (κ1) is 14.5. The molecule has 18 heavy (non-hydrogen) atoms. The molecule has 0 fully saturated rings. The van der Waals surface area contributed by atoms with Crippen LogP contribution in [-0.4, -0.2) is 12.5 Å². The maximum absolute atomic E-state index is 10.8. The highest BCUT2D eigenvalue weighted by molar-refractivity contribution is 5.73. The van der Waals surface area contributed by atoms with Crippen molar-refractivity contribution >= 4 is 5.91 Å². The molecule has 1 amide bonds. The van der Waals surface area contributed by atoms with Gasteiger partial charge < -0.3 is 16.2 Å². The van der Waals surface area contributed by atoms with E-state index in [0.29, 0.717) is 13.0 Å². The van der Waals surface area contributed by atoms with Crippen LogP contribution in [0.3, 0.4) is 0 Å². The van der Waals surface area contributed by atoms with E-state index in [4.69, 9.17) is 16.2 Å².